The minimum Gasteiger partial charge on any atom is -0.376 e. The number of halogens is 2. The summed E-state index contributed by atoms with van der Waals surface area (Å²) in [5, 5.41) is 3.41. The highest BCUT2D eigenvalue weighted by molar-refractivity contribution is 9.11. The lowest BCUT2D eigenvalue weighted by Crippen LogP contribution is -2.09. The molecule has 96 valence electrons. The Labute approximate surface area is 124 Å². The number of hydrogen-bond donors (Lipinski definition) is 1. The maximum atomic E-state index is 4.38. The third kappa shape index (κ3) is 3.14. The molecule has 5 heteroatoms. The van der Waals surface area contributed by atoms with Crippen LogP contribution in [0.4, 0.5) is 5.69 Å². The highest BCUT2D eigenvalue weighted by Crippen LogP contribution is 2.30. The van der Waals surface area contributed by atoms with Crippen LogP contribution < -0.4 is 5.32 Å². The molecule has 1 N–H and O–H groups in total. The zero-order valence-electron chi connectivity index (χ0n) is 10.2. The van der Waals surface area contributed by atoms with Crippen LogP contribution in [0.5, 0.6) is 0 Å². The first-order valence-electron chi connectivity index (χ1n) is 5.90. The second-order valence-corrected chi connectivity index (χ2v) is 5.70. The van der Waals surface area contributed by atoms with Crippen LogP contribution in [0.25, 0.3) is 0 Å². The summed E-state index contributed by atoms with van der Waals surface area (Å²) in [5.74, 6) is 1.06. The highest BCUT2D eigenvalue weighted by atomic mass is 79.9. The van der Waals surface area contributed by atoms with Crippen molar-refractivity contribution in [2.75, 3.05) is 5.32 Å². The van der Waals surface area contributed by atoms with Crippen molar-refractivity contribution in [3.05, 3.63) is 45.4 Å². The van der Waals surface area contributed by atoms with Crippen LogP contribution in [0.15, 0.2) is 39.5 Å². The SMILES string of the molecule is CCCn1ccnc1CNc1c(Br)cccc1Br. The molecule has 0 unspecified atom stereocenters. The number of aryl methyl sites for hydroxylation is 1. The molecule has 18 heavy (non-hydrogen) atoms. The third-order valence-corrected chi connectivity index (χ3v) is 3.97. The van der Waals surface area contributed by atoms with Crippen LogP contribution in [0, 0.1) is 0 Å². The van der Waals surface area contributed by atoms with Gasteiger partial charge in [0, 0.05) is 27.9 Å². The molecule has 2 rings (SSSR count). The van der Waals surface area contributed by atoms with E-state index < -0.39 is 0 Å². The third-order valence-electron chi connectivity index (χ3n) is 2.65. The Morgan fingerprint density at radius 3 is 2.67 bits per heavy atom. The predicted octanol–water partition coefficient (Wildman–Crippen LogP) is 4.43. The van der Waals surface area contributed by atoms with E-state index in [0.29, 0.717) is 6.54 Å². The molecule has 0 fully saturated rings. The average molecular weight is 373 g/mol. The first-order chi connectivity index (χ1) is 8.72. The fraction of sp³-hybridized carbons (Fsp3) is 0.308. The summed E-state index contributed by atoms with van der Waals surface area (Å²) in [6.07, 6.45) is 4.99. The molecule has 0 atom stereocenters. The van der Waals surface area contributed by atoms with Gasteiger partial charge in [-0.2, -0.15) is 0 Å². The molecule has 0 saturated carbocycles. The maximum Gasteiger partial charge on any atom is 0.128 e. The molecular weight excluding hydrogens is 358 g/mol. The lowest BCUT2D eigenvalue weighted by Gasteiger charge is -2.11. The number of para-hydroxylation sites is 1. The van der Waals surface area contributed by atoms with Crippen molar-refractivity contribution in [1.29, 1.82) is 0 Å². The van der Waals surface area contributed by atoms with Crippen LogP contribution in [-0.4, -0.2) is 9.55 Å². The van der Waals surface area contributed by atoms with Gasteiger partial charge in [0.1, 0.15) is 5.82 Å². The van der Waals surface area contributed by atoms with E-state index in [4.69, 9.17) is 0 Å². The van der Waals surface area contributed by atoms with Crippen molar-refractivity contribution in [3.8, 4) is 0 Å². The summed E-state index contributed by atoms with van der Waals surface area (Å²) in [7, 11) is 0. The molecule has 0 radical (unpaired) electrons. The largest absolute Gasteiger partial charge is 0.376 e. The van der Waals surface area contributed by atoms with Crippen molar-refractivity contribution in [2.45, 2.75) is 26.4 Å². The standard InChI is InChI=1S/C13H15Br2N3/c1-2-7-18-8-6-16-12(18)9-17-13-10(14)4-3-5-11(13)15/h3-6,8,17H,2,7,9H2,1H3. The summed E-state index contributed by atoms with van der Waals surface area (Å²) in [6.45, 7) is 3.89. The second kappa shape index (κ2) is 6.38. The van der Waals surface area contributed by atoms with E-state index in [1.54, 1.807) is 0 Å². The first-order valence-corrected chi connectivity index (χ1v) is 7.49. The van der Waals surface area contributed by atoms with Gasteiger partial charge in [-0.3, -0.25) is 0 Å². The Morgan fingerprint density at radius 1 is 1.28 bits per heavy atom. The lowest BCUT2D eigenvalue weighted by atomic mass is 10.3. The van der Waals surface area contributed by atoms with Gasteiger partial charge in [-0.15, -0.1) is 0 Å². The van der Waals surface area contributed by atoms with E-state index in [2.05, 4.69) is 53.7 Å². The smallest absolute Gasteiger partial charge is 0.128 e. The van der Waals surface area contributed by atoms with Crippen molar-refractivity contribution >= 4 is 37.5 Å². The van der Waals surface area contributed by atoms with Crippen LogP contribution >= 0.6 is 31.9 Å². The Hall–Kier alpha value is -0.810. The number of aromatic nitrogens is 2. The van der Waals surface area contributed by atoms with Crippen LogP contribution in [0.1, 0.15) is 19.2 Å². The van der Waals surface area contributed by atoms with E-state index in [-0.39, 0.29) is 0 Å². The van der Waals surface area contributed by atoms with Crippen molar-refractivity contribution in [1.82, 2.24) is 9.55 Å². The van der Waals surface area contributed by atoms with Gasteiger partial charge < -0.3 is 9.88 Å². The highest BCUT2D eigenvalue weighted by Gasteiger charge is 2.06. The van der Waals surface area contributed by atoms with Crippen LogP contribution in [0.2, 0.25) is 0 Å². The van der Waals surface area contributed by atoms with Gasteiger partial charge in [0.05, 0.1) is 12.2 Å². The van der Waals surface area contributed by atoms with E-state index in [1.165, 1.54) is 0 Å². The lowest BCUT2D eigenvalue weighted by molar-refractivity contribution is 0.644. The topological polar surface area (TPSA) is 29.9 Å². The van der Waals surface area contributed by atoms with Gasteiger partial charge >= 0.3 is 0 Å². The minimum atomic E-state index is 0.716. The molecule has 3 nitrogen and oxygen atoms in total. The molecule has 1 aromatic carbocycles. The Kier molecular flexibility index (Phi) is 4.83. The quantitative estimate of drug-likeness (QED) is 0.841. The predicted molar refractivity (Wildman–Crippen MR) is 81.7 cm³/mol. The zero-order chi connectivity index (χ0) is 13.0. The summed E-state index contributed by atoms with van der Waals surface area (Å²) >= 11 is 7.08. The molecule has 0 aliphatic heterocycles. The number of imidazole rings is 1. The van der Waals surface area contributed by atoms with Gasteiger partial charge in [-0.25, -0.2) is 4.98 Å². The molecule has 0 aliphatic carbocycles. The van der Waals surface area contributed by atoms with Gasteiger partial charge in [0.25, 0.3) is 0 Å². The Bertz CT molecular complexity index is 502. The molecule has 2 aromatic rings. The number of anilines is 1. The number of nitrogens with one attached hydrogen (secondary N) is 1. The fourth-order valence-corrected chi connectivity index (χ4v) is 3.06. The molecule has 0 aliphatic rings. The summed E-state index contributed by atoms with van der Waals surface area (Å²) in [5.41, 5.74) is 1.06. The minimum absolute atomic E-state index is 0.716. The molecular formula is C13H15Br2N3. The van der Waals surface area contributed by atoms with Gasteiger partial charge in [-0.05, 0) is 50.4 Å². The molecule has 1 heterocycles. The number of hydrogen-bond acceptors (Lipinski definition) is 2. The van der Waals surface area contributed by atoms with Crippen molar-refractivity contribution < 1.29 is 0 Å². The average Bonchev–Trinajstić information content (AvgIpc) is 2.77. The number of nitrogens with zero attached hydrogens (tertiary/aromatic N) is 2. The second-order valence-electron chi connectivity index (χ2n) is 3.99. The van der Waals surface area contributed by atoms with Gasteiger partial charge in [-0.1, -0.05) is 13.0 Å². The number of benzene rings is 1. The summed E-state index contributed by atoms with van der Waals surface area (Å²) in [4.78, 5) is 4.38. The van der Waals surface area contributed by atoms with Crippen molar-refractivity contribution in [2.24, 2.45) is 0 Å². The van der Waals surface area contributed by atoms with Crippen LogP contribution in [-0.2, 0) is 13.1 Å². The monoisotopic (exact) mass is 371 g/mol. The normalized spacial score (nSPS) is 10.6. The van der Waals surface area contributed by atoms with E-state index in [0.717, 1.165) is 33.4 Å². The van der Waals surface area contributed by atoms with Gasteiger partial charge in [0.2, 0.25) is 0 Å². The van der Waals surface area contributed by atoms with E-state index in [1.807, 2.05) is 30.6 Å². The molecule has 0 amide bonds. The number of rotatable bonds is 5. The molecule has 0 spiro atoms. The molecule has 0 bridgehead atoms. The van der Waals surface area contributed by atoms with Crippen molar-refractivity contribution in [3.63, 3.8) is 0 Å². The van der Waals surface area contributed by atoms with E-state index in [9.17, 15) is 0 Å². The summed E-state index contributed by atoms with van der Waals surface area (Å²) < 4.78 is 4.27. The van der Waals surface area contributed by atoms with Gasteiger partial charge in [0.15, 0.2) is 0 Å². The Balaban J connectivity index is 2.09. The maximum absolute atomic E-state index is 4.38. The molecule has 1 aromatic heterocycles. The molecule has 0 saturated heterocycles. The first kappa shape index (κ1) is 13.6. The Morgan fingerprint density at radius 2 is 2.00 bits per heavy atom. The summed E-state index contributed by atoms with van der Waals surface area (Å²) in [6, 6.07) is 6.04. The zero-order valence-corrected chi connectivity index (χ0v) is 13.3. The van der Waals surface area contributed by atoms with Crippen LogP contribution in [0.3, 0.4) is 0 Å². The van der Waals surface area contributed by atoms with E-state index >= 15 is 0 Å². The fourth-order valence-electron chi connectivity index (χ4n) is 1.79.